The van der Waals surface area contributed by atoms with Crippen LogP contribution in [0.3, 0.4) is 0 Å². The number of carbonyl (C=O) groups is 1. The third-order valence-electron chi connectivity index (χ3n) is 2.55. The molecule has 82 valence electrons. The summed E-state index contributed by atoms with van der Waals surface area (Å²) in [6, 6.07) is 5.98. The molecule has 0 radical (unpaired) electrons. The molecule has 16 heavy (non-hydrogen) atoms. The second-order valence-electron chi connectivity index (χ2n) is 3.60. The van der Waals surface area contributed by atoms with E-state index in [1.54, 1.807) is 6.08 Å². The van der Waals surface area contributed by atoms with Gasteiger partial charge in [-0.2, -0.15) is 0 Å². The summed E-state index contributed by atoms with van der Waals surface area (Å²) in [7, 11) is 1.37. The van der Waals surface area contributed by atoms with E-state index in [0.717, 1.165) is 11.1 Å². The summed E-state index contributed by atoms with van der Waals surface area (Å²) in [4.78, 5) is 14.2. The summed E-state index contributed by atoms with van der Waals surface area (Å²) in [5.41, 5.74) is 3.22. The molecule has 1 N–H and O–H groups in total. The van der Waals surface area contributed by atoms with Crippen LogP contribution < -0.4 is 0 Å². The molecule has 0 saturated carbocycles. The van der Waals surface area contributed by atoms with Crippen molar-refractivity contribution in [2.24, 2.45) is 0 Å². The van der Waals surface area contributed by atoms with Crippen LogP contribution in [0, 0.1) is 6.92 Å². The Bertz CT molecular complexity index is 552. The van der Waals surface area contributed by atoms with Crippen LogP contribution in [0.15, 0.2) is 30.5 Å². The SMILES string of the molecule is COC(=O)/C=C/c1cccc2c(C)c[nH]c12. The van der Waals surface area contributed by atoms with E-state index < -0.39 is 0 Å². The maximum absolute atomic E-state index is 11.0. The minimum atomic E-state index is -0.347. The first-order valence-electron chi connectivity index (χ1n) is 5.05. The number of ether oxygens (including phenoxy) is 1. The molecule has 0 aliphatic rings. The molecule has 3 heteroatoms. The number of nitrogens with one attached hydrogen (secondary N) is 1. The molecule has 0 aliphatic heterocycles. The Morgan fingerprint density at radius 1 is 1.44 bits per heavy atom. The number of esters is 1. The van der Waals surface area contributed by atoms with E-state index in [9.17, 15) is 4.79 Å². The quantitative estimate of drug-likeness (QED) is 0.618. The lowest BCUT2D eigenvalue weighted by Crippen LogP contribution is -1.93. The average Bonchev–Trinajstić information content (AvgIpc) is 2.69. The number of fused-ring (bicyclic) bond motifs is 1. The minimum absolute atomic E-state index is 0.347. The number of methoxy groups -OCH3 is 1. The Balaban J connectivity index is 2.45. The molecular weight excluding hydrogens is 202 g/mol. The molecule has 2 aromatic rings. The van der Waals surface area contributed by atoms with Gasteiger partial charge in [0.05, 0.1) is 12.6 Å². The number of hydrogen-bond acceptors (Lipinski definition) is 2. The fraction of sp³-hybridized carbons (Fsp3) is 0.154. The van der Waals surface area contributed by atoms with E-state index in [1.807, 2.05) is 25.3 Å². The topological polar surface area (TPSA) is 42.1 Å². The summed E-state index contributed by atoms with van der Waals surface area (Å²) < 4.78 is 4.55. The zero-order chi connectivity index (χ0) is 11.5. The largest absolute Gasteiger partial charge is 0.466 e. The molecule has 3 nitrogen and oxygen atoms in total. The highest BCUT2D eigenvalue weighted by molar-refractivity contribution is 5.94. The number of H-pyrrole nitrogens is 1. The lowest BCUT2D eigenvalue weighted by molar-refractivity contribution is -0.134. The van der Waals surface area contributed by atoms with E-state index in [4.69, 9.17) is 0 Å². The number of para-hydroxylation sites is 1. The Morgan fingerprint density at radius 2 is 2.25 bits per heavy atom. The molecule has 0 unspecified atom stereocenters. The molecular formula is C13H13NO2. The fourth-order valence-electron chi connectivity index (χ4n) is 1.68. The highest BCUT2D eigenvalue weighted by atomic mass is 16.5. The van der Waals surface area contributed by atoms with Crippen molar-refractivity contribution in [3.63, 3.8) is 0 Å². The summed E-state index contributed by atoms with van der Waals surface area (Å²) >= 11 is 0. The van der Waals surface area contributed by atoms with Gasteiger partial charge in [0.1, 0.15) is 0 Å². The molecule has 0 saturated heterocycles. The lowest BCUT2D eigenvalue weighted by Gasteiger charge is -1.97. The van der Waals surface area contributed by atoms with E-state index in [1.165, 1.54) is 24.1 Å². The van der Waals surface area contributed by atoms with Gasteiger partial charge in [-0.3, -0.25) is 0 Å². The third kappa shape index (κ3) is 1.84. The Hall–Kier alpha value is -2.03. The van der Waals surface area contributed by atoms with Crippen molar-refractivity contribution in [2.75, 3.05) is 7.11 Å². The Kier molecular flexibility index (Phi) is 2.77. The Morgan fingerprint density at radius 3 is 3.00 bits per heavy atom. The van der Waals surface area contributed by atoms with Crippen LogP contribution in [0.1, 0.15) is 11.1 Å². The predicted octanol–water partition coefficient (Wildman–Crippen LogP) is 2.66. The van der Waals surface area contributed by atoms with Crippen LogP contribution in [0.25, 0.3) is 17.0 Å². The molecule has 1 aromatic heterocycles. The van der Waals surface area contributed by atoms with Gasteiger partial charge in [-0.1, -0.05) is 18.2 Å². The second kappa shape index (κ2) is 4.23. The Labute approximate surface area is 93.7 Å². The summed E-state index contributed by atoms with van der Waals surface area (Å²) in [5, 5.41) is 1.17. The molecule has 2 rings (SSSR count). The zero-order valence-corrected chi connectivity index (χ0v) is 9.28. The molecule has 0 amide bonds. The monoisotopic (exact) mass is 215 g/mol. The van der Waals surface area contributed by atoms with Crippen LogP contribution in [-0.2, 0) is 9.53 Å². The fourth-order valence-corrected chi connectivity index (χ4v) is 1.68. The van der Waals surface area contributed by atoms with Gasteiger partial charge in [0.15, 0.2) is 0 Å². The van der Waals surface area contributed by atoms with Crippen molar-refractivity contribution in [3.8, 4) is 0 Å². The highest BCUT2D eigenvalue weighted by Gasteiger charge is 2.02. The van der Waals surface area contributed by atoms with Crippen molar-refractivity contribution >= 4 is 22.9 Å². The van der Waals surface area contributed by atoms with E-state index >= 15 is 0 Å². The number of carbonyl (C=O) groups excluding carboxylic acids is 1. The third-order valence-corrected chi connectivity index (χ3v) is 2.55. The van der Waals surface area contributed by atoms with Crippen LogP contribution in [0.2, 0.25) is 0 Å². The zero-order valence-electron chi connectivity index (χ0n) is 9.28. The number of aromatic amines is 1. The van der Waals surface area contributed by atoms with Gasteiger partial charge < -0.3 is 9.72 Å². The van der Waals surface area contributed by atoms with Gasteiger partial charge in [0, 0.05) is 17.7 Å². The predicted molar refractivity (Wildman–Crippen MR) is 64.1 cm³/mol. The van der Waals surface area contributed by atoms with Gasteiger partial charge in [0.25, 0.3) is 0 Å². The summed E-state index contributed by atoms with van der Waals surface area (Å²) in [5.74, 6) is -0.347. The van der Waals surface area contributed by atoms with E-state index in [-0.39, 0.29) is 5.97 Å². The van der Waals surface area contributed by atoms with Crippen molar-refractivity contribution in [2.45, 2.75) is 6.92 Å². The van der Waals surface area contributed by atoms with Crippen LogP contribution in [0.5, 0.6) is 0 Å². The standard InChI is InChI=1S/C13H13NO2/c1-9-8-14-13-10(4-3-5-11(9)13)6-7-12(15)16-2/h3-8,14H,1-2H3/b7-6+. The lowest BCUT2D eigenvalue weighted by atomic mass is 10.1. The first-order valence-corrected chi connectivity index (χ1v) is 5.05. The molecule has 0 aliphatic carbocycles. The molecule has 0 fully saturated rings. The van der Waals surface area contributed by atoms with Gasteiger partial charge in [-0.15, -0.1) is 0 Å². The van der Waals surface area contributed by atoms with Gasteiger partial charge in [-0.25, -0.2) is 4.79 Å². The van der Waals surface area contributed by atoms with Crippen LogP contribution in [0.4, 0.5) is 0 Å². The maximum atomic E-state index is 11.0. The van der Waals surface area contributed by atoms with Crippen molar-refractivity contribution < 1.29 is 9.53 Å². The number of benzene rings is 1. The summed E-state index contributed by atoms with van der Waals surface area (Å²) in [6.07, 6.45) is 5.13. The van der Waals surface area contributed by atoms with Gasteiger partial charge >= 0.3 is 5.97 Å². The van der Waals surface area contributed by atoms with Gasteiger partial charge in [0.2, 0.25) is 0 Å². The van der Waals surface area contributed by atoms with Crippen molar-refractivity contribution in [1.29, 1.82) is 0 Å². The van der Waals surface area contributed by atoms with Crippen molar-refractivity contribution in [1.82, 2.24) is 4.98 Å². The maximum Gasteiger partial charge on any atom is 0.330 e. The number of hydrogen-bond donors (Lipinski definition) is 1. The number of aryl methyl sites for hydroxylation is 1. The normalized spacial score (nSPS) is 11.1. The minimum Gasteiger partial charge on any atom is -0.466 e. The van der Waals surface area contributed by atoms with E-state index in [0.29, 0.717) is 0 Å². The molecule has 1 heterocycles. The first-order chi connectivity index (χ1) is 7.72. The summed E-state index contributed by atoms with van der Waals surface area (Å²) in [6.45, 7) is 2.05. The van der Waals surface area contributed by atoms with Crippen LogP contribution in [-0.4, -0.2) is 18.1 Å². The molecule has 1 aromatic carbocycles. The number of aromatic nitrogens is 1. The molecule has 0 bridgehead atoms. The smallest absolute Gasteiger partial charge is 0.330 e. The van der Waals surface area contributed by atoms with Crippen LogP contribution >= 0.6 is 0 Å². The number of rotatable bonds is 2. The molecule has 0 spiro atoms. The van der Waals surface area contributed by atoms with E-state index in [2.05, 4.69) is 15.8 Å². The van der Waals surface area contributed by atoms with Gasteiger partial charge in [-0.05, 0) is 24.1 Å². The second-order valence-corrected chi connectivity index (χ2v) is 3.60. The van der Waals surface area contributed by atoms with Crippen molar-refractivity contribution in [3.05, 3.63) is 41.6 Å². The molecule has 0 atom stereocenters. The first kappa shape index (κ1) is 10.5. The average molecular weight is 215 g/mol. The highest BCUT2D eigenvalue weighted by Crippen LogP contribution is 2.21.